The SMILES string of the molecule is Fc1cc(Br)cc(F)c1NCC1CCCO1. The minimum absolute atomic E-state index is 0.0578. The zero-order valence-electron chi connectivity index (χ0n) is 8.60. The van der Waals surface area contributed by atoms with Crippen molar-refractivity contribution in [1.82, 2.24) is 0 Å². The Bertz CT molecular complexity index is 357. The molecule has 0 aliphatic carbocycles. The summed E-state index contributed by atoms with van der Waals surface area (Å²) in [4.78, 5) is 0. The summed E-state index contributed by atoms with van der Waals surface area (Å²) in [6.45, 7) is 1.17. The van der Waals surface area contributed by atoms with Gasteiger partial charge in [-0.05, 0) is 25.0 Å². The molecule has 2 nitrogen and oxygen atoms in total. The second kappa shape index (κ2) is 5.10. The first-order valence-electron chi connectivity index (χ1n) is 5.17. The van der Waals surface area contributed by atoms with E-state index in [9.17, 15) is 8.78 Å². The Balaban J connectivity index is 2.03. The Hall–Kier alpha value is -0.680. The average molecular weight is 292 g/mol. The van der Waals surface area contributed by atoms with Gasteiger partial charge >= 0.3 is 0 Å². The van der Waals surface area contributed by atoms with Crippen LogP contribution in [0.4, 0.5) is 14.5 Å². The molecule has 1 fully saturated rings. The van der Waals surface area contributed by atoms with E-state index in [0.29, 0.717) is 11.0 Å². The second-order valence-corrected chi connectivity index (χ2v) is 4.68. The Morgan fingerprint density at radius 2 is 2.06 bits per heavy atom. The van der Waals surface area contributed by atoms with Crippen LogP contribution in [-0.4, -0.2) is 19.3 Å². The van der Waals surface area contributed by atoms with E-state index >= 15 is 0 Å². The third kappa shape index (κ3) is 2.71. The van der Waals surface area contributed by atoms with Gasteiger partial charge in [0.1, 0.15) is 17.3 Å². The predicted molar refractivity (Wildman–Crippen MR) is 61.5 cm³/mol. The third-order valence-corrected chi connectivity index (χ3v) is 3.00. The van der Waals surface area contributed by atoms with Gasteiger partial charge < -0.3 is 10.1 Å². The Morgan fingerprint density at radius 3 is 2.62 bits per heavy atom. The summed E-state index contributed by atoms with van der Waals surface area (Å²) in [6, 6.07) is 2.47. The molecule has 88 valence electrons. The van der Waals surface area contributed by atoms with Crippen LogP contribution in [0.3, 0.4) is 0 Å². The van der Waals surface area contributed by atoms with E-state index in [-0.39, 0.29) is 11.8 Å². The highest BCUT2D eigenvalue weighted by atomic mass is 79.9. The Labute approximate surface area is 101 Å². The monoisotopic (exact) mass is 291 g/mol. The molecule has 1 N–H and O–H groups in total. The van der Waals surface area contributed by atoms with Crippen LogP contribution in [-0.2, 0) is 4.74 Å². The quantitative estimate of drug-likeness (QED) is 0.922. The van der Waals surface area contributed by atoms with Crippen LogP contribution in [0.25, 0.3) is 0 Å². The number of hydrogen-bond donors (Lipinski definition) is 1. The summed E-state index contributed by atoms with van der Waals surface area (Å²) >= 11 is 3.03. The second-order valence-electron chi connectivity index (χ2n) is 3.76. The van der Waals surface area contributed by atoms with Crippen molar-refractivity contribution in [3.8, 4) is 0 Å². The summed E-state index contributed by atoms with van der Waals surface area (Å²) < 4.78 is 32.6. The first-order valence-corrected chi connectivity index (χ1v) is 5.96. The van der Waals surface area contributed by atoms with Gasteiger partial charge in [0.15, 0.2) is 0 Å². The van der Waals surface area contributed by atoms with Gasteiger partial charge in [-0.3, -0.25) is 0 Å². The lowest BCUT2D eigenvalue weighted by Gasteiger charge is -2.13. The van der Waals surface area contributed by atoms with Crippen molar-refractivity contribution < 1.29 is 13.5 Å². The Morgan fingerprint density at radius 1 is 1.38 bits per heavy atom. The van der Waals surface area contributed by atoms with Crippen molar-refractivity contribution in [3.05, 3.63) is 28.2 Å². The fourth-order valence-corrected chi connectivity index (χ4v) is 2.13. The number of rotatable bonds is 3. The molecular weight excluding hydrogens is 280 g/mol. The standard InChI is InChI=1S/C11H12BrF2NO/c12-7-4-9(13)11(10(14)5-7)15-6-8-2-1-3-16-8/h4-5,8,15H,1-3,6H2. The van der Waals surface area contributed by atoms with Gasteiger partial charge in [-0.15, -0.1) is 0 Å². The molecule has 1 unspecified atom stereocenters. The molecule has 1 heterocycles. The van der Waals surface area contributed by atoms with Crippen LogP contribution < -0.4 is 5.32 Å². The molecule has 1 aromatic rings. The first kappa shape index (κ1) is 11.8. The highest BCUT2D eigenvalue weighted by Crippen LogP contribution is 2.24. The zero-order chi connectivity index (χ0) is 11.5. The zero-order valence-corrected chi connectivity index (χ0v) is 10.2. The van der Waals surface area contributed by atoms with Crippen LogP contribution in [0.1, 0.15) is 12.8 Å². The van der Waals surface area contributed by atoms with E-state index < -0.39 is 11.6 Å². The summed E-state index contributed by atoms with van der Waals surface area (Å²) in [5.74, 6) is -1.19. The van der Waals surface area contributed by atoms with Crippen molar-refractivity contribution in [2.45, 2.75) is 18.9 Å². The number of benzene rings is 1. The molecule has 0 spiro atoms. The molecule has 5 heteroatoms. The van der Waals surface area contributed by atoms with E-state index in [4.69, 9.17) is 4.74 Å². The summed E-state index contributed by atoms with van der Waals surface area (Å²) in [5, 5.41) is 2.75. The van der Waals surface area contributed by atoms with Crippen LogP contribution in [0.2, 0.25) is 0 Å². The molecule has 0 aromatic heterocycles. The molecule has 1 aliphatic heterocycles. The number of ether oxygens (including phenoxy) is 1. The normalized spacial score (nSPS) is 20.1. The number of nitrogens with one attached hydrogen (secondary N) is 1. The maximum Gasteiger partial charge on any atom is 0.150 e. The van der Waals surface area contributed by atoms with E-state index in [2.05, 4.69) is 21.2 Å². The molecule has 16 heavy (non-hydrogen) atoms. The van der Waals surface area contributed by atoms with Crippen LogP contribution in [0.5, 0.6) is 0 Å². The van der Waals surface area contributed by atoms with Gasteiger partial charge in [0.25, 0.3) is 0 Å². The van der Waals surface area contributed by atoms with Crippen molar-refractivity contribution >= 4 is 21.6 Å². The number of anilines is 1. The predicted octanol–water partition coefficient (Wildman–Crippen LogP) is 3.32. The average Bonchev–Trinajstić information content (AvgIpc) is 2.68. The topological polar surface area (TPSA) is 21.3 Å². The maximum absolute atomic E-state index is 13.4. The lowest BCUT2D eigenvalue weighted by molar-refractivity contribution is 0.120. The molecule has 1 saturated heterocycles. The first-order chi connectivity index (χ1) is 7.66. The minimum atomic E-state index is -0.593. The fourth-order valence-electron chi connectivity index (χ4n) is 1.73. The van der Waals surface area contributed by atoms with Crippen molar-refractivity contribution in [2.75, 3.05) is 18.5 Å². The van der Waals surface area contributed by atoms with Crippen LogP contribution in [0.15, 0.2) is 16.6 Å². The highest BCUT2D eigenvalue weighted by Gasteiger charge is 2.17. The molecule has 1 aliphatic rings. The molecular formula is C11H12BrF2NO. The van der Waals surface area contributed by atoms with E-state index in [1.165, 1.54) is 12.1 Å². The number of halogens is 3. The molecule has 0 amide bonds. The summed E-state index contributed by atoms with van der Waals surface area (Å²) in [6.07, 6.45) is 2.01. The largest absolute Gasteiger partial charge is 0.378 e. The molecule has 1 atom stereocenters. The van der Waals surface area contributed by atoms with Gasteiger partial charge in [-0.2, -0.15) is 0 Å². The fraction of sp³-hybridized carbons (Fsp3) is 0.455. The van der Waals surface area contributed by atoms with Crippen LogP contribution in [0, 0.1) is 11.6 Å². The van der Waals surface area contributed by atoms with Gasteiger partial charge in [0, 0.05) is 17.6 Å². The number of hydrogen-bond acceptors (Lipinski definition) is 2. The third-order valence-electron chi connectivity index (χ3n) is 2.54. The smallest absolute Gasteiger partial charge is 0.150 e. The minimum Gasteiger partial charge on any atom is -0.378 e. The van der Waals surface area contributed by atoms with Crippen molar-refractivity contribution in [3.63, 3.8) is 0 Å². The molecule has 0 saturated carbocycles. The molecule has 1 aromatic carbocycles. The Kier molecular flexibility index (Phi) is 3.76. The molecule has 2 rings (SSSR count). The van der Waals surface area contributed by atoms with E-state index in [1.807, 2.05) is 0 Å². The van der Waals surface area contributed by atoms with Gasteiger partial charge in [-0.25, -0.2) is 8.78 Å². The van der Waals surface area contributed by atoms with E-state index in [0.717, 1.165) is 19.4 Å². The van der Waals surface area contributed by atoms with Gasteiger partial charge in [0.2, 0.25) is 0 Å². The van der Waals surface area contributed by atoms with Gasteiger partial charge in [-0.1, -0.05) is 15.9 Å². The van der Waals surface area contributed by atoms with Crippen molar-refractivity contribution in [1.29, 1.82) is 0 Å². The van der Waals surface area contributed by atoms with Crippen LogP contribution >= 0.6 is 15.9 Å². The maximum atomic E-state index is 13.4. The van der Waals surface area contributed by atoms with Crippen molar-refractivity contribution in [2.24, 2.45) is 0 Å². The van der Waals surface area contributed by atoms with Gasteiger partial charge in [0.05, 0.1) is 6.10 Å². The summed E-state index contributed by atoms with van der Waals surface area (Å²) in [5.41, 5.74) is -0.0845. The lowest BCUT2D eigenvalue weighted by atomic mass is 10.2. The summed E-state index contributed by atoms with van der Waals surface area (Å²) in [7, 11) is 0. The highest BCUT2D eigenvalue weighted by molar-refractivity contribution is 9.10. The lowest BCUT2D eigenvalue weighted by Crippen LogP contribution is -2.19. The molecule has 0 bridgehead atoms. The van der Waals surface area contributed by atoms with E-state index in [1.54, 1.807) is 0 Å². The molecule has 0 radical (unpaired) electrons.